The molecule has 26 heavy (non-hydrogen) atoms. The van der Waals surface area contributed by atoms with Crippen molar-refractivity contribution in [1.29, 1.82) is 0 Å². The van der Waals surface area contributed by atoms with Crippen LogP contribution in [-0.2, 0) is 6.61 Å². The zero-order valence-corrected chi connectivity index (χ0v) is 14.4. The van der Waals surface area contributed by atoms with Gasteiger partial charge in [-0.25, -0.2) is 4.98 Å². The number of hydrogen-bond acceptors (Lipinski definition) is 5. The molecule has 1 aromatic heterocycles. The van der Waals surface area contributed by atoms with Crippen LogP contribution in [0.3, 0.4) is 0 Å². The maximum atomic E-state index is 12.8. The summed E-state index contributed by atoms with van der Waals surface area (Å²) < 4.78 is 18.1. The second kappa shape index (κ2) is 6.44. The van der Waals surface area contributed by atoms with Crippen LogP contribution in [0.4, 0.5) is 5.69 Å². The van der Waals surface area contributed by atoms with Gasteiger partial charge in [0.05, 0.1) is 31.3 Å². The summed E-state index contributed by atoms with van der Waals surface area (Å²) in [6.45, 7) is 0.277. The van der Waals surface area contributed by atoms with E-state index in [1.165, 1.54) is 7.11 Å². The molecule has 0 saturated carbocycles. The molecule has 0 spiro atoms. The molecule has 0 unspecified atom stereocenters. The average Bonchev–Trinajstić information content (AvgIpc) is 3.13. The smallest absolute Gasteiger partial charge is 0.276 e. The molecule has 4 rings (SSSR count). The summed E-state index contributed by atoms with van der Waals surface area (Å²) in [7, 11) is 3.11. The van der Waals surface area contributed by atoms with Gasteiger partial charge in [-0.2, -0.15) is 0 Å². The monoisotopic (exact) mass is 351 g/mol. The first-order chi connectivity index (χ1) is 12.7. The summed E-state index contributed by atoms with van der Waals surface area (Å²) in [5.74, 6) is 1.59. The minimum absolute atomic E-state index is 0.277. The predicted molar refractivity (Wildman–Crippen MR) is 95.4 cm³/mol. The van der Waals surface area contributed by atoms with Gasteiger partial charge in [-0.05, 0) is 24.3 Å². The number of hydrogen-bond donors (Lipinski definition) is 1. The largest absolute Gasteiger partial charge is 0.497 e. The van der Waals surface area contributed by atoms with Crippen LogP contribution in [0.5, 0.6) is 17.2 Å². The second-order valence-electron chi connectivity index (χ2n) is 5.69. The Morgan fingerprint density at radius 3 is 2.85 bits per heavy atom. The summed E-state index contributed by atoms with van der Waals surface area (Å²) >= 11 is 0. The zero-order chi connectivity index (χ0) is 18.1. The first kappa shape index (κ1) is 16.0. The Morgan fingerprint density at radius 2 is 2.04 bits per heavy atom. The molecule has 0 atom stereocenters. The molecule has 132 valence electrons. The minimum Gasteiger partial charge on any atom is -0.497 e. The number of amides is 1. The van der Waals surface area contributed by atoms with Gasteiger partial charge in [0.15, 0.2) is 5.69 Å². The molecule has 1 aliphatic rings. The van der Waals surface area contributed by atoms with E-state index in [2.05, 4.69) is 10.3 Å². The van der Waals surface area contributed by atoms with Crippen molar-refractivity contribution in [1.82, 2.24) is 9.55 Å². The van der Waals surface area contributed by atoms with Gasteiger partial charge in [0.1, 0.15) is 30.2 Å². The molecule has 0 saturated heterocycles. The number of anilines is 1. The summed E-state index contributed by atoms with van der Waals surface area (Å²) in [6, 6.07) is 12.8. The van der Waals surface area contributed by atoms with E-state index < -0.39 is 0 Å². The maximum Gasteiger partial charge on any atom is 0.276 e. The van der Waals surface area contributed by atoms with Crippen LogP contribution >= 0.6 is 0 Å². The lowest BCUT2D eigenvalue weighted by atomic mass is 10.2. The molecular weight excluding hydrogens is 334 g/mol. The van der Waals surface area contributed by atoms with Crippen molar-refractivity contribution in [3.63, 3.8) is 0 Å². The molecule has 1 amide bonds. The fraction of sp³-hybridized carbons (Fsp3) is 0.158. The van der Waals surface area contributed by atoms with Gasteiger partial charge >= 0.3 is 0 Å². The number of benzene rings is 2. The fourth-order valence-electron chi connectivity index (χ4n) is 2.92. The molecule has 0 bridgehead atoms. The van der Waals surface area contributed by atoms with Crippen LogP contribution in [0.2, 0.25) is 0 Å². The lowest BCUT2D eigenvalue weighted by Gasteiger charge is -2.20. The van der Waals surface area contributed by atoms with E-state index >= 15 is 0 Å². The quantitative estimate of drug-likeness (QED) is 0.782. The van der Waals surface area contributed by atoms with E-state index in [0.29, 0.717) is 28.6 Å². The maximum absolute atomic E-state index is 12.8. The van der Waals surface area contributed by atoms with Crippen molar-refractivity contribution in [3.8, 4) is 22.9 Å². The van der Waals surface area contributed by atoms with Crippen molar-refractivity contribution in [2.75, 3.05) is 19.5 Å². The van der Waals surface area contributed by atoms with Gasteiger partial charge in [-0.1, -0.05) is 12.1 Å². The standard InChI is InChI=1S/C19H17N3O4/c1-24-12-7-8-13(17(9-12)25-2)21-19(23)18-15-10-26-16-6-4-3-5-14(16)22(15)11-20-18/h3-9,11H,10H2,1-2H3,(H,21,23). The van der Waals surface area contributed by atoms with E-state index in [0.717, 1.165) is 11.4 Å². The van der Waals surface area contributed by atoms with Gasteiger partial charge in [0, 0.05) is 6.07 Å². The topological polar surface area (TPSA) is 74.6 Å². The highest BCUT2D eigenvalue weighted by Crippen LogP contribution is 2.32. The van der Waals surface area contributed by atoms with E-state index in [9.17, 15) is 4.79 Å². The van der Waals surface area contributed by atoms with E-state index in [-0.39, 0.29) is 12.5 Å². The van der Waals surface area contributed by atoms with Gasteiger partial charge in [0.2, 0.25) is 0 Å². The third kappa shape index (κ3) is 2.63. The Morgan fingerprint density at radius 1 is 1.19 bits per heavy atom. The van der Waals surface area contributed by atoms with Crippen molar-refractivity contribution in [2.45, 2.75) is 6.61 Å². The highest BCUT2D eigenvalue weighted by atomic mass is 16.5. The number of ether oxygens (including phenoxy) is 3. The summed E-state index contributed by atoms with van der Waals surface area (Å²) in [4.78, 5) is 17.0. The molecule has 3 aromatic rings. The second-order valence-corrected chi connectivity index (χ2v) is 5.69. The highest BCUT2D eigenvalue weighted by Gasteiger charge is 2.25. The van der Waals surface area contributed by atoms with E-state index in [1.807, 2.05) is 28.8 Å². The Hall–Kier alpha value is -3.48. The summed E-state index contributed by atoms with van der Waals surface area (Å²) in [5.41, 5.74) is 2.42. The average molecular weight is 351 g/mol. The van der Waals surface area contributed by atoms with Gasteiger partial charge in [-0.3, -0.25) is 9.36 Å². The molecule has 0 radical (unpaired) electrons. The first-order valence-corrected chi connectivity index (χ1v) is 8.03. The fourth-order valence-corrected chi connectivity index (χ4v) is 2.92. The number of methoxy groups -OCH3 is 2. The lowest BCUT2D eigenvalue weighted by molar-refractivity contribution is 0.101. The Bertz CT molecular complexity index is 981. The molecule has 7 heteroatoms. The third-order valence-corrected chi connectivity index (χ3v) is 4.23. The molecule has 0 fully saturated rings. The van der Waals surface area contributed by atoms with Crippen LogP contribution in [-0.4, -0.2) is 29.7 Å². The number of aromatic nitrogens is 2. The lowest BCUT2D eigenvalue weighted by Crippen LogP contribution is -2.19. The number of rotatable bonds is 4. The number of imidazole rings is 1. The number of carbonyl (C=O) groups is 1. The first-order valence-electron chi connectivity index (χ1n) is 8.03. The van der Waals surface area contributed by atoms with Gasteiger partial charge < -0.3 is 19.5 Å². The number of carbonyl (C=O) groups excluding carboxylic acids is 1. The van der Waals surface area contributed by atoms with Crippen LogP contribution in [0.25, 0.3) is 5.69 Å². The van der Waals surface area contributed by atoms with Crippen LogP contribution in [0, 0.1) is 0 Å². The van der Waals surface area contributed by atoms with Crippen molar-refractivity contribution in [2.24, 2.45) is 0 Å². The SMILES string of the molecule is COc1ccc(NC(=O)c2ncn3c2COc2ccccc2-3)c(OC)c1. The molecule has 7 nitrogen and oxygen atoms in total. The van der Waals surface area contributed by atoms with Crippen LogP contribution < -0.4 is 19.5 Å². The normalized spacial score (nSPS) is 11.8. The van der Waals surface area contributed by atoms with Crippen LogP contribution in [0.15, 0.2) is 48.8 Å². The molecule has 2 aromatic carbocycles. The Balaban J connectivity index is 1.64. The Kier molecular flexibility index (Phi) is 3.96. The van der Waals surface area contributed by atoms with E-state index in [1.54, 1.807) is 31.6 Å². The molecule has 1 aliphatic heterocycles. The third-order valence-electron chi connectivity index (χ3n) is 4.23. The van der Waals surface area contributed by atoms with Gasteiger partial charge in [0.25, 0.3) is 5.91 Å². The van der Waals surface area contributed by atoms with Crippen LogP contribution in [0.1, 0.15) is 16.2 Å². The molecule has 2 heterocycles. The zero-order valence-electron chi connectivity index (χ0n) is 14.4. The van der Waals surface area contributed by atoms with Gasteiger partial charge in [-0.15, -0.1) is 0 Å². The summed E-state index contributed by atoms with van der Waals surface area (Å²) in [6.07, 6.45) is 1.64. The highest BCUT2D eigenvalue weighted by molar-refractivity contribution is 6.04. The van der Waals surface area contributed by atoms with Crippen molar-refractivity contribution >= 4 is 11.6 Å². The number of nitrogens with zero attached hydrogens (tertiary/aromatic N) is 2. The Labute approximate surface area is 150 Å². The number of nitrogens with one attached hydrogen (secondary N) is 1. The molecule has 1 N–H and O–H groups in total. The predicted octanol–water partition coefficient (Wildman–Crippen LogP) is 3.03. The summed E-state index contributed by atoms with van der Waals surface area (Å²) in [5, 5.41) is 2.84. The van der Waals surface area contributed by atoms with Crippen molar-refractivity contribution in [3.05, 3.63) is 60.2 Å². The molecular formula is C19H17N3O4. The molecule has 0 aliphatic carbocycles. The van der Waals surface area contributed by atoms with Crippen molar-refractivity contribution < 1.29 is 19.0 Å². The minimum atomic E-state index is -0.329. The number of fused-ring (bicyclic) bond motifs is 3. The number of para-hydroxylation sites is 2. The van der Waals surface area contributed by atoms with E-state index in [4.69, 9.17) is 14.2 Å².